The molecular weight excluding hydrogens is 392 g/mol. The maximum absolute atomic E-state index is 12.1. The first-order valence-electron chi connectivity index (χ1n) is 9.01. The van der Waals surface area contributed by atoms with Gasteiger partial charge < -0.3 is 29.8 Å². The number of aryl methyl sites for hydroxylation is 1. The lowest BCUT2D eigenvalue weighted by Gasteiger charge is -2.26. The molecule has 154 valence electrons. The van der Waals surface area contributed by atoms with Gasteiger partial charge in [-0.05, 0) is 25.3 Å². The fraction of sp³-hybridized carbons (Fsp3) is 0.556. The molecule has 0 bridgehead atoms. The van der Waals surface area contributed by atoms with Gasteiger partial charge >= 0.3 is 11.7 Å². The van der Waals surface area contributed by atoms with Gasteiger partial charge in [0.1, 0.15) is 12.4 Å². The number of ether oxygens (including phenoxy) is 2. The second-order valence-corrected chi connectivity index (χ2v) is 7.44. The van der Waals surface area contributed by atoms with E-state index in [2.05, 4.69) is 0 Å². The molecule has 4 N–H and O–H groups in total. The normalized spacial score (nSPS) is 14.9. The zero-order chi connectivity index (χ0) is 20.3. The Labute approximate surface area is 165 Å². The van der Waals surface area contributed by atoms with Crippen LogP contribution in [-0.2, 0) is 16.1 Å². The van der Waals surface area contributed by atoms with Gasteiger partial charge in [-0.3, -0.25) is 9.36 Å². The molecule has 1 aliphatic rings. The fourth-order valence-corrected chi connectivity index (χ4v) is 2.88. The maximum Gasteiger partial charge on any atom is 0.419 e. The summed E-state index contributed by atoms with van der Waals surface area (Å²) < 4.78 is 17.3. The number of halogens is 1. The van der Waals surface area contributed by atoms with Crippen molar-refractivity contribution < 1.29 is 28.9 Å². The molecule has 1 heterocycles. The van der Waals surface area contributed by atoms with Crippen LogP contribution in [0.4, 0.5) is 0 Å². The first kappa shape index (κ1) is 20.7. The number of carbonyl (C=O) groups excluding carboxylic acids is 1. The highest BCUT2D eigenvalue weighted by Gasteiger charge is 2.25. The average Bonchev–Trinajstić information content (AvgIpc) is 2.95. The smallest absolute Gasteiger partial charge is 0.419 e. The van der Waals surface area contributed by atoms with Crippen LogP contribution < -0.4 is 16.2 Å². The molecular formula is C18H23ClN2O7. The molecule has 28 heavy (non-hydrogen) atoms. The van der Waals surface area contributed by atoms with Crippen LogP contribution in [-0.4, -0.2) is 52.2 Å². The van der Waals surface area contributed by atoms with Crippen molar-refractivity contribution in [2.24, 2.45) is 5.73 Å². The van der Waals surface area contributed by atoms with Gasteiger partial charge in [-0.2, -0.15) is 0 Å². The Morgan fingerprint density at radius 1 is 1.36 bits per heavy atom. The molecule has 1 fully saturated rings. The summed E-state index contributed by atoms with van der Waals surface area (Å²) in [7, 11) is 0. The number of fused-ring (bicyclic) bond motifs is 1. The Balaban J connectivity index is 1.67. The highest BCUT2D eigenvalue weighted by molar-refractivity contribution is 6.32. The van der Waals surface area contributed by atoms with Crippen LogP contribution >= 0.6 is 11.6 Å². The van der Waals surface area contributed by atoms with Crippen molar-refractivity contribution in [3.05, 3.63) is 27.7 Å². The zero-order valence-electron chi connectivity index (χ0n) is 15.2. The summed E-state index contributed by atoms with van der Waals surface area (Å²) in [6.07, 6.45) is 3.06. The van der Waals surface area contributed by atoms with E-state index < -0.39 is 30.5 Å². The Morgan fingerprint density at radius 3 is 2.68 bits per heavy atom. The van der Waals surface area contributed by atoms with E-state index in [1.54, 1.807) is 12.1 Å². The summed E-state index contributed by atoms with van der Waals surface area (Å²) >= 11 is 6.27. The number of carbonyl (C=O) groups is 1. The van der Waals surface area contributed by atoms with Gasteiger partial charge in [0.2, 0.25) is 0 Å². The van der Waals surface area contributed by atoms with Crippen molar-refractivity contribution >= 4 is 28.7 Å². The highest BCUT2D eigenvalue weighted by atomic mass is 35.5. The molecule has 1 aromatic carbocycles. The van der Waals surface area contributed by atoms with E-state index in [1.165, 1.54) is 4.57 Å². The number of rotatable bonds is 9. The van der Waals surface area contributed by atoms with Crippen molar-refractivity contribution in [3.63, 3.8) is 0 Å². The molecule has 10 heteroatoms. The maximum atomic E-state index is 12.1. The van der Waals surface area contributed by atoms with Crippen LogP contribution in [0.3, 0.4) is 0 Å². The lowest BCUT2D eigenvalue weighted by atomic mass is 9.96. The Morgan fingerprint density at radius 2 is 2.07 bits per heavy atom. The highest BCUT2D eigenvalue weighted by Crippen LogP contribution is 2.33. The minimum atomic E-state index is -1.40. The van der Waals surface area contributed by atoms with Gasteiger partial charge in [-0.15, -0.1) is 0 Å². The molecule has 0 atom stereocenters. The lowest BCUT2D eigenvalue weighted by molar-refractivity contribution is -0.146. The number of esters is 1. The largest absolute Gasteiger partial charge is 0.489 e. The monoisotopic (exact) mass is 414 g/mol. The van der Waals surface area contributed by atoms with Crippen molar-refractivity contribution in [1.29, 1.82) is 0 Å². The van der Waals surface area contributed by atoms with Gasteiger partial charge in [0.05, 0.1) is 41.8 Å². The van der Waals surface area contributed by atoms with Crippen LogP contribution in [0.5, 0.6) is 5.75 Å². The molecule has 1 saturated carbocycles. The fourth-order valence-electron chi connectivity index (χ4n) is 2.68. The van der Waals surface area contributed by atoms with E-state index in [-0.39, 0.29) is 25.7 Å². The van der Waals surface area contributed by atoms with Gasteiger partial charge in [-0.25, -0.2) is 4.79 Å². The van der Waals surface area contributed by atoms with Crippen molar-refractivity contribution in [1.82, 2.24) is 4.57 Å². The zero-order valence-corrected chi connectivity index (χ0v) is 16.0. The second kappa shape index (κ2) is 8.52. The molecule has 0 aliphatic heterocycles. The van der Waals surface area contributed by atoms with Crippen LogP contribution in [0, 0.1) is 0 Å². The van der Waals surface area contributed by atoms with E-state index in [0.717, 1.165) is 19.3 Å². The van der Waals surface area contributed by atoms with Gasteiger partial charge in [0, 0.05) is 12.6 Å². The molecule has 0 saturated heterocycles. The topological polar surface area (TPSA) is 137 Å². The summed E-state index contributed by atoms with van der Waals surface area (Å²) in [5, 5.41) is 18.6. The summed E-state index contributed by atoms with van der Waals surface area (Å²) in [5.41, 5.74) is 5.00. The molecule has 2 aromatic rings. The molecule has 0 unspecified atom stereocenters. The van der Waals surface area contributed by atoms with E-state index in [1.807, 2.05) is 0 Å². The number of nitrogens with two attached hydrogens (primary N) is 1. The Hall–Kier alpha value is -2.07. The van der Waals surface area contributed by atoms with Crippen LogP contribution in [0.15, 0.2) is 21.3 Å². The molecule has 3 rings (SSSR count). The first-order chi connectivity index (χ1) is 13.3. The molecule has 1 aliphatic carbocycles. The molecule has 0 amide bonds. The van der Waals surface area contributed by atoms with Crippen LogP contribution in [0.1, 0.15) is 25.7 Å². The molecule has 9 nitrogen and oxygen atoms in total. The quantitative estimate of drug-likeness (QED) is 0.512. The van der Waals surface area contributed by atoms with Gasteiger partial charge in [0.15, 0.2) is 5.58 Å². The number of oxazole rings is 1. The van der Waals surface area contributed by atoms with E-state index >= 15 is 0 Å². The molecule has 0 radical (unpaired) electrons. The lowest BCUT2D eigenvalue weighted by Crippen LogP contribution is -2.51. The van der Waals surface area contributed by atoms with Crippen molar-refractivity contribution in [2.45, 2.75) is 43.9 Å². The van der Waals surface area contributed by atoms with Crippen LogP contribution in [0.25, 0.3) is 11.1 Å². The van der Waals surface area contributed by atoms with Crippen molar-refractivity contribution in [2.75, 3.05) is 19.8 Å². The second-order valence-electron chi connectivity index (χ2n) is 7.03. The number of hydrogen-bond donors (Lipinski definition) is 3. The van der Waals surface area contributed by atoms with Gasteiger partial charge in [-0.1, -0.05) is 11.6 Å². The number of nitrogens with zero attached hydrogens (tertiary/aromatic N) is 1. The Bertz CT molecular complexity index is 899. The van der Waals surface area contributed by atoms with E-state index in [0.29, 0.717) is 21.9 Å². The number of benzene rings is 1. The number of aliphatic hydroxyl groups excluding tert-OH is 2. The van der Waals surface area contributed by atoms with Crippen molar-refractivity contribution in [3.8, 4) is 5.75 Å². The van der Waals surface area contributed by atoms with Gasteiger partial charge in [0.25, 0.3) is 0 Å². The SMILES string of the molecule is NC(CO)(CO)COC(=O)CCn1c(=O)oc2cc(OC3CCC3)c(Cl)cc21. The third-order valence-corrected chi connectivity index (χ3v) is 5.05. The summed E-state index contributed by atoms with van der Waals surface area (Å²) in [4.78, 5) is 24.1. The average molecular weight is 415 g/mol. The number of aliphatic hydroxyl groups is 2. The standard InChI is InChI=1S/C18H23ClN2O7/c19-12-6-13-15(7-14(12)27-11-2-1-3-11)28-17(25)21(13)5-4-16(24)26-10-18(20,8-22)9-23/h6-7,11,22-23H,1-5,8-10,20H2. The Kier molecular flexibility index (Phi) is 6.29. The summed E-state index contributed by atoms with van der Waals surface area (Å²) in [5.74, 6) is -0.793. The third kappa shape index (κ3) is 4.49. The molecule has 1 aromatic heterocycles. The third-order valence-electron chi connectivity index (χ3n) is 4.76. The minimum absolute atomic E-state index is 0.0135. The number of hydrogen-bond acceptors (Lipinski definition) is 8. The predicted molar refractivity (Wildman–Crippen MR) is 100 cm³/mol. The first-order valence-corrected chi connectivity index (χ1v) is 9.39. The minimum Gasteiger partial charge on any atom is -0.489 e. The van der Waals surface area contributed by atoms with Crippen LogP contribution in [0.2, 0.25) is 5.02 Å². The van der Waals surface area contributed by atoms with E-state index in [4.69, 9.17) is 41.4 Å². The summed E-state index contributed by atoms with van der Waals surface area (Å²) in [6.45, 7) is -1.40. The number of aromatic nitrogens is 1. The predicted octanol–water partition coefficient (Wildman–Crippen LogP) is 0.795. The molecule has 0 spiro atoms. The van der Waals surface area contributed by atoms with E-state index in [9.17, 15) is 9.59 Å². The summed E-state index contributed by atoms with van der Waals surface area (Å²) in [6, 6.07) is 3.15.